The molecule has 1 atom stereocenters. The maximum absolute atomic E-state index is 12.5. The van der Waals surface area contributed by atoms with Crippen LogP contribution in [-0.2, 0) is 16.0 Å². The molecule has 1 aliphatic heterocycles. The molecule has 132 valence electrons. The lowest BCUT2D eigenvalue weighted by Gasteiger charge is -2.30. The van der Waals surface area contributed by atoms with Crippen LogP contribution in [0, 0.1) is 5.92 Å². The van der Waals surface area contributed by atoms with Crippen LogP contribution in [0.15, 0.2) is 23.6 Å². The number of hydrogen-bond donors (Lipinski definition) is 1. The number of carboxylic acids is 1. The van der Waals surface area contributed by atoms with Crippen LogP contribution in [-0.4, -0.2) is 40.0 Å². The second-order valence-corrected chi connectivity index (χ2v) is 7.61. The van der Waals surface area contributed by atoms with Crippen LogP contribution in [0.1, 0.15) is 18.5 Å². The number of aliphatic carboxylic acids is 1. The third-order valence-corrected chi connectivity index (χ3v) is 5.72. The second-order valence-electron chi connectivity index (χ2n) is 5.93. The van der Waals surface area contributed by atoms with Gasteiger partial charge in [0, 0.05) is 24.0 Å². The van der Waals surface area contributed by atoms with Gasteiger partial charge >= 0.3 is 5.97 Å². The van der Waals surface area contributed by atoms with Crippen molar-refractivity contribution in [1.82, 2.24) is 9.88 Å². The highest BCUT2D eigenvalue weighted by molar-refractivity contribution is 7.13. The van der Waals surface area contributed by atoms with Crippen molar-refractivity contribution in [2.24, 2.45) is 5.92 Å². The number of aromatic nitrogens is 1. The summed E-state index contributed by atoms with van der Waals surface area (Å²) in [6.07, 6.45) is 1.47. The Hall–Kier alpha value is -1.63. The topological polar surface area (TPSA) is 70.5 Å². The van der Waals surface area contributed by atoms with E-state index in [2.05, 4.69) is 4.98 Å². The van der Waals surface area contributed by atoms with E-state index >= 15 is 0 Å². The van der Waals surface area contributed by atoms with E-state index in [1.165, 1.54) is 11.3 Å². The van der Waals surface area contributed by atoms with Crippen molar-refractivity contribution in [2.75, 3.05) is 13.1 Å². The van der Waals surface area contributed by atoms with E-state index in [1.807, 2.05) is 5.38 Å². The minimum atomic E-state index is -0.846. The summed E-state index contributed by atoms with van der Waals surface area (Å²) in [5.74, 6) is -1.43. The van der Waals surface area contributed by atoms with E-state index in [0.29, 0.717) is 45.7 Å². The first kappa shape index (κ1) is 18.2. The predicted octanol–water partition coefficient (Wildman–Crippen LogP) is 3.98. The average molecular weight is 399 g/mol. The quantitative estimate of drug-likeness (QED) is 0.844. The van der Waals surface area contributed by atoms with Crippen LogP contribution in [0.2, 0.25) is 10.0 Å². The highest BCUT2D eigenvalue weighted by atomic mass is 35.5. The van der Waals surface area contributed by atoms with Crippen molar-refractivity contribution in [3.8, 4) is 10.6 Å². The van der Waals surface area contributed by atoms with Gasteiger partial charge < -0.3 is 10.0 Å². The zero-order valence-corrected chi connectivity index (χ0v) is 15.6. The van der Waals surface area contributed by atoms with E-state index in [9.17, 15) is 9.59 Å². The van der Waals surface area contributed by atoms with Crippen molar-refractivity contribution >= 4 is 46.4 Å². The molecule has 1 aromatic heterocycles. The lowest BCUT2D eigenvalue weighted by atomic mass is 9.98. The molecule has 25 heavy (non-hydrogen) atoms. The molecule has 1 saturated heterocycles. The van der Waals surface area contributed by atoms with Crippen molar-refractivity contribution in [3.63, 3.8) is 0 Å². The molecule has 1 amide bonds. The smallest absolute Gasteiger partial charge is 0.308 e. The van der Waals surface area contributed by atoms with E-state index in [1.54, 1.807) is 23.1 Å². The summed E-state index contributed by atoms with van der Waals surface area (Å²) >= 11 is 13.8. The molecule has 0 saturated carbocycles. The molecule has 3 rings (SSSR count). The summed E-state index contributed by atoms with van der Waals surface area (Å²) in [6.45, 7) is 0.859. The van der Waals surface area contributed by atoms with Crippen LogP contribution in [0.25, 0.3) is 10.6 Å². The van der Waals surface area contributed by atoms with Crippen LogP contribution in [0.5, 0.6) is 0 Å². The first-order valence-electron chi connectivity index (χ1n) is 7.85. The molecule has 1 unspecified atom stereocenters. The van der Waals surface area contributed by atoms with E-state index in [4.69, 9.17) is 28.3 Å². The lowest BCUT2D eigenvalue weighted by Crippen LogP contribution is -2.43. The van der Waals surface area contributed by atoms with Crippen LogP contribution >= 0.6 is 34.5 Å². The fraction of sp³-hybridized carbons (Fsp3) is 0.353. The van der Waals surface area contributed by atoms with Crippen LogP contribution in [0.4, 0.5) is 0 Å². The molecule has 1 fully saturated rings. The van der Waals surface area contributed by atoms with Crippen molar-refractivity contribution in [1.29, 1.82) is 0 Å². The largest absolute Gasteiger partial charge is 0.481 e. The minimum absolute atomic E-state index is 0.104. The molecule has 0 aliphatic carbocycles. The first-order chi connectivity index (χ1) is 12.0. The zero-order chi connectivity index (χ0) is 18.0. The Labute approximate surface area is 159 Å². The van der Waals surface area contributed by atoms with E-state index < -0.39 is 11.9 Å². The first-order valence-corrected chi connectivity index (χ1v) is 9.48. The Balaban J connectivity index is 1.71. The monoisotopic (exact) mass is 398 g/mol. The predicted molar refractivity (Wildman–Crippen MR) is 98.2 cm³/mol. The Morgan fingerprint density at radius 3 is 2.72 bits per heavy atom. The summed E-state index contributed by atoms with van der Waals surface area (Å²) < 4.78 is 0. The molecule has 8 heteroatoms. The number of nitrogens with zero attached hydrogens (tertiary/aromatic N) is 2. The summed E-state index contributed by atoms with van der Waals surface area (Å²) in [6, 6.07) is 5.25. The van der Waals surface area contributed by atoms with Gasteiger partial charge in [-0.3, -0.25) is 9.59 Å². The summed E-state index contributed by atoms with van der Waals surface area (Å²) in [4.78, 5) is 29.7. The summed E-state index contributed by atoms with van der Waals surface area (Å²) in [5.41, 5.74) is 1.30. The Morgan fingerprint density at radius 1 is 1.32 bits per heavy atom. The van der Waals surface area contributed by atoms with Gasteiger partial charge in [-0.2, -0.15) is 0 Å². The number of carbonyl (C=O) groups excluding carboxylic acids is 1. The van der Waals surface area contributed by atoms with E-state index in [0.717, 1.165) is 0 Å². The molecule has 1 aliphatic rings. The molecule has 2 heterocycles. The molecule has 1 aromatic carbocycles. The summed E-state index contributed by atoms with van der Waals surface area (Å²) in [5, 5.41) is 12.6. The Kier molecular flexibility index (Phi) is 5.61. The number of carboxylic acid groups (broad SMARTS) is 1. The van der Waals surface area contributed by atoms with Gasteiger partial charge in [0.1, 0.15) is 5.01 Å². The molecule has 5 nitrogen and oxygen atoms in total. The van der Waals surface area contributed by atoms with Gasteiger partial charge in [0.25, 0.3) is 0 Å². The third-order valence-electron chi connectivity index (χ3n) is 4.18. The standard InChI is InChI=1S/C17H16Cl2N2O3S/c18-12-4-1-5-13(19)15(12)16-20-11(9-25-16)7-14(22)21-6-2-3-10(8-21)17(23)24/h1,4-5,9-10H,2-3,6-8H2,(H,23,24). The second kappa shape index (κ2) is 7.72. The Bertz CT molecular complexity index is 789. The van der Waals surface area contributed by atoms with E-state index in [-0.39, 0.29) is 18.9 Å². The lowest BCUT2D eigenvalue weighted by molar-refractivity contribution is -0.145. The van der Waals surface area contributed by atoms with Gasteiger partial charge in [-0.25, -0.2) is 4.98 Å². The molecule has 0 radical (unpaired) electrons. The van der Waals surface area contributed by atoms with Crippen molar-refractivity contribution in [2.45, 2.75) is 19.3 Å². The number of hydrogen-bond acceptors (Lipinski definition) is 4. The highest BCUT2D eigenvalue weighted by Gasteiger charge is 2.28. The van der Waals surface area contributed by atoms with Crippen molar-refractivity contribution < 1.29 is 14.7 Å². The Morgan fingerprint density at radius 2 is 2.04 bits per heavy atom. The third kappa shape index (κ3) is 4.14. The molecular formula is C17H16Cl2N2O3S. The number of rotatable bonds is 4. The van der Waals surface area contributed by atoms with Crippen LogP contribution < -0.4 is 0 Å². The molecular weight excluding hydrogens is 383 g/mol. The van der Waals surface area contributed by atoms with Gasteiger partial charge in [-0.05, 0) is 25.0 Å². The van der Waals surface area contributed by atoms with Crippen LogP contribution in [0.3, 0.4) is 0 Å². The highest BCUT2D eigenvalue weighted by Crippen LogP contribution is 2.36. The normalized spacial score (nSPS) is 17.5. The number of amides is 1. The number of halogens is 2. The number of benzene rings is 1. The van der Waals surface area contributed by atoms with Gasteiger partial charge in [0.2, 0.25) is 5.91 Å². The van der Waals surface area contributed by atoms with Gasteiger partial charge in [-0.15, -0.1) is 11.3 Å². The molecule has 1 N–H and O–H groups in total. The fourth-order valence-electron chi connectivity index (χ4n) is 2.88. The minimum Gasteiger partial charge on any atom is -0.481 e. The number of carbonyl (C=O) groups is 2. The molecule has 2 aromatic rings. The molecule has 0 bridgehead atoms. The van der Waals surface area contributed by atoms with Gasteiger partial charge in [-0.1, -0.05) is 29.3 Å². The fourth-order valence-corrected chi connectivity index (χ4v) is 4.46. The van der Waals surface area contributed by atoms with Gasteiger partial charge in [0.05, 0.1) is 28.1 Å². The molecule has 0 spiro atoms. The van der Waals surface area contributed by atoms with Gasteiger partial charge in [0.15, 0.2) is 0 Å². The number of thiazole rings is 1. The summed E-state index contributed by atoms with van der Waals surface area (Å²) in [7, 11) is 0. The zero-order valence-electron chi connectivity index (χ0n) is 13.2. The maximum atomic E-state index is 12.5. The maximum Gasteiger partial charge on any atom is 0.308 e. The van der Waals surface area contributed by atoms with Crippen molar-refractivity contribution in [3.05, 3.63) is 39.3 Å². The average Bonchev–Trinajstić information content (AvgIpc) is 3.03. The SMILES string of the molecule is O=C(O)C1CCCN(C(=O)Cc2csc(-c3c(Cl)cccc3Cl)n2)C1. The number of likely N-dealkylation sites (tertiary alicyclic amines) is 1. The number of piperidine rings is 1.